The number of quaternary nitrogens is 1. The van der Waals surface area contributed by atoms with E-state index in [1.54, 1.807) is 6.08 Å². The predicted molar refractivity (Wildman–Crippen MR) is 309 cm³/mol. The molecule has 3 N–H and O–H groups in total. The van der Waals surface area contributed by atoms with Gasteiger partial charge in [0.05, 0.1) is 39.9 Å². The summed E-state index contributed by atoms with van der Waals surface area (Å²) in [5, 5.41) is 14.0. The van der Waals surface area contributed by atoms with Crippen molar-refractivity contribution in [1.29, 1.82) is 0 Å². The molecule has 0 bridgehead atoms. The molecule has 0 aromatic heterocycles. The Morgan fingerprint density at radius 3 is 1.08 bits per heavy atom. The number of carbonyl (C=O) groups is 1. The molecule has 9 heteroatoms. The molecule has 0 aliphatic rings. The lowest BCUT2D eigenvalue weighted by molar-refractivity contribution is -0.870. The van der Waals surface area contributed by atoms with Crippen LogP contribution in [0.5, 0.6) is 0 Å². The molecule has 1 amide bonds. The number of allylic oxidation sites excluding steroid dienone is 3. The maximum absolute atomic E-state index is 13.0. The van der Waals surface area contributed by atoms with Crippen LogP contribution in [0.1, 0.15) is 316 Å². The van der Waals surface area contributed by atoms with Crippen molar-refractivity contribution >= 4 is 13.7 Å². The molecule has 71 heavy (non-hydrogen) atoms. The molecule has 0 saturated heterocycles. The first-order valence-corrected chi connectivity index (χ1v) is 32.7. The lowest BCUT2D eigenvalue weighted by Gasteiger charge is -2.25. The highest BCUT2D eigenvalue weighted by Crippen LogP contribution is 2.43. The molecule has 3 atom stereocenters. The smallest absolute Gasteiger partial charge is 0.387 e. The van der Waals surface area contributed by atoms with Gasteiger partial charge in [0.2, 0.25) is 5.91 Å². The number of phosphoric ester groups is 1. The summed E-state index contributed by atoms with van der Waals surface area (Å²) in [6.45, 7) is 4.87. The van der Waals surface area contributed by atoms with E-state index < -0.39 is 20.0 Å². The molecule has 0 spiro atoms. The Bertz CT molecular complexity index is 1210. The van der Waals surface area contributed by atoms with Crippen LogP contribution in [0.4, 0.5) is 0 Å². The molecule has 422 valence electrons. The van der Waals surface area contributed by atoms with E-state index in [1.807, 2.05) is 27.2 Å². The Morgan fingerprint density at radius 1 is 0.465 bits per heavy atom. The minimum atomic E-state index is -4.35. The average Bonchev–Trinajstić information content (AvgIpc) is 3.33. The fraction of sp³-hybridized carbons (Fsp3) is 0.919. The van der Waals surface area contributed by atoms with Gasteiger partial charge in [0.15, 0.2) is 0 Å². The Balaban J connectivity index is 4.15. The molecule has 0 heterocycles. The van der Waals surface area contributed by atoms with Crippen molar-refractivity contribution < 1.29 is 32.9 Å². The van der Waals surface area contributed by atoms with E-state index in [-0.39, 0.29) is 19.1 Å². The highest BCUT2D eigenvalue weighted by molar-refractivity contribution is 7.47. The van der Waals surface area contributed by atoms with Crippen LogP contribution in [0.25, 0.3) is 0 Å². The molecule has 0 aromatic carbocycles. The summed E-state index contributed by atoms with van der Waals surface area (Å²) in [5.74, 6) is -0.175. The van der Waals surface area contributed by atoms with Crippen LogP contribution in [-0.4, -0.2) is 73.4 Å². The summed E-state index contributed by atoms with van der Waals surface area (Å²) in [6, 6.07) is -0.847. The number of rotatable bonds is 58. The van der Waals surface area contributed by atoms with Gasteiger partial charge in [-0.3, -0.25) is 13.8 Å². The number of phosphoric acid groups is 1. The van der Waals surface area contributed by atoms with Crippen molar-refractivity contribution in [3.63, 3.8) is 0 Å². The largest absolute Gasteiger partial charge is 0.472 e. The van der Waals surface area contributed by atoms with Crippen molar-refractivity contribution in [2.75, 3.05) is 40.9 Å². The fourth-order valence-electron chi connectivity index (χ4n) is 9.51. The van der Waals surface area contributed by atoms with Gasteiger partial charge in [0.1, 0.15) is 13.2 Å². The van der Waals surface area contributed by atoms with Gasteiger partial charge in [0.25, 0.3) is 0 Å². The standard InChI is InChI=1S/C62H123N2O6P/c1-6-8-10-12-14-16-18-20-22-24-26-28-30-32-33-35-37-39-41-43-45-47-49-51-53-55-61(65)60(59-70-71(67,68)69-58-57-64(3,4)5)63-62(66)56-54-52-50-48-46-44-42-40-38-36-34-31-29-27-25-23-21-19-17-15-13-11-9-7-2/h34,36,53,55,60-61,65H,6-33,35,37-52,54,56-59H2,1-5H3,(H-,63,66,67,68)/p+1/b36-34-,55-53+. The molecule has 0 rings (SSSR count). The van der Waals surface area contributed by atoms with Crippen LogP contribution in [-0.2, 0) is 18.4 Å². The number of nitrogens with zero attached hydrogens (tertiary/aromatic N) is 1. The third-order valence-electron chi connectivity index (χ3n) is 14.4. The van der Waals surface area contributed by atoms with Gasteiger partial charge in [-0.2, -0.15) is 0 Å². The van der Waals surface area contributed by atoms with Crippen LogP contribution in [0.15, 0.2) is 24.3 Å². The summed E-state index contributed by atoms with van der Waals surface area (Å²) in [7, 11) is 1.58. The number of aliphatic hydroxyl groups excluding tert-OH is 1. The first kappa shape index (κ1) is 70.0. The Morgan fingerprint density at radius 2 is 0.761 bits per heavy atom. The van der Waals surface area contributed by atoms with Crippen molar-refractivity contribution in [3.8, 4) is 0 Å². The predicted octanol–water partition coefficient (Wildman–Crippen LogP) is 19.2. The molecule has 0 fully saturated rings. The normalized spacial score (nSPS) is 14.0. The van der Waals surface area contributed by atoms with Gasteiger partial charge in [-0.25, -0.2) is 4.57 Å². The Kier molecular flexibility index (Phi) is 53.0. The van der Waals surface area contributed by atoms with E-state index in [9.17, 15) is 19.4 Å². The molecule has 0 aromatic rings. The van der Waals surface area contributed by atoms with E-state index in [1.165, 1.54) is 257 Å². The Labute approximate surface area is 443 Å². The number of amides is 1. The van der Waals surface area contributed by atoms with Gasteiger partial charge in [0, 0.05) is 6.42 Å². The van der Waals surface area contributed by atoms with E-state index >= 15 is 0 Å². The first-order chi connectivity index (χ1) is 34.5. The highest BCUT2D eigenvalue weighted by Gasteiger charge is 2.27. The SMILES string of the molecule is CCCCCCCCCCCCCC/C=C\CCCCCCCCCCC(=O)NC(COP(=O)(O)OCC[N+](C)(C)C)C(O)/C=C/CCCCCCCCCCCCCCCCCCCCCCCCC. The topological polar surface area (TPSA) is 105 Å². The summed E-state index contributed by atoms with van der Waals surface area (Å²) in [4.78, 5) is 23.3. The zero-order valence-electron chi connectivity index (χ0n) is 48.2. The van der Waals surface area contributed by atoms with E-state index in [4.69, 9.17) is 9.05 Å². The lowest BCUT2D eigenvalue weighted by Crippen LogP contribution is -2.45. The highest BCUT2D eigenvalue weighted by atomic mass is 31.2. The van der Waals surface area contributed by atoms with Gasteiger partial charge in [-0.1, -0.05) is 289 Å². The number of likely N-dealkylation sites (N-methyl/N-ethyl adjacent to an activating group) is 1. The van der Waals surface area contributed by atoms with E-state index in [2.05, 4.69) is 31.3 Å². The van der Waals surface area contributed by atoms with Crippen molar-refractivity contribution in [1.82, 2.24) is 5.32 Å². The van der Waals surface area contributed by atoms with E-state index in [0.29, 0.717) is 17.4 Å². The number of unbranched alkanes of at least 4 members (excludes halogenated alkanes) is 43. The Hall–Kier alpha value is -1.02. The molecule has 0 radical (unpaired) electrons. The number of nitrogens with one attached hydrogen (secondary N) is 1. The van der Waals surface area contributed by atoms with Crippen LogP contribution in [0, 0.1) is 0 Å². The van der Waals surface area contributed by atoms with Crippen LogP contribution in [0.3, 0.4) is 0 Å². The zero-order valence-corrected chi connectivity index (χ0v) is 49.1. The average molecular weight is 1020 g/mol. The first-order valence-electron chi connectivity index (χ1n) is 31.2. The summed E-state index contributed by atoms with van der Waals surface area (Å²) >= 11 is 0. The summed E-state index contributed by atoms with van der Waals surface area (Å²) in [5.41, 5.74) is 0. The molecule has 0 saturated carbocycles. The quantitative estimate of drug-likeness (QED) is 0.0243. The monoisotopic (exact) mass is 1020 g/mol. The zero-order chi connectivity index (χ0) is 52.0. The molecule has 0 aliphatic carbocycles. The minimum absolute atomic E-state index is 0.0627. The van der Waals surface area contributed by atoms with Crippen molar-refractivity contribution in [3.05, 3.63) is 24.3 Å². The van der Waals surface area contributed by atoms with Crippen LogP contribution >= 0.6 is 7.82 Å². The minimum Gasteiger partial charge on any atom is -0.387 e. The lowest BCUT2D eigenvalue weighted by atomic mass is 10.0. The number of aliphatic hydroxyl groups is 1. The molecule has 8 nitrogen and oxygen atoms in total. The van der Waals surface area contributed by atoms with Crippen LogP contribution < -0.4 is 5.32 Å². The summed E-state index contributed by atoms with van der Waals surface area (Å²) in [6.07, 6.45) is 68.6. The van der Waals surface area contributed by atoms with Crippen LogP contribution in [0.2, 0.25) is 0 Å². The molecule has 3 unspecified atom stereocenters. The molecular weight excluding hydrogens is 900 g/mol. The maximum Gasteiger partial charge on any atom is 0.472 e. The van der Waals surface area contributed by atoms with Gasteiger partial charge >= 0.3 is 7.82 Å². The van der Waals surface area contributed by atoms with Crippen molar-refractivity contribution in [2.24, 2.45) is 0 Å². The second-order valence-corrected chi connectivity index (χ2v) is 24.2. The molecular formula is C62H124N2O6P+. The van der Waals surface area contributed by atoms with Crippen molar-refractivity contribution in [2.45, 2.75) is 328 Å². The number of hydrogen-bond donors (Lipinski definition) is 3. The van der Waals surface area contributed by atoms with E-state index in [0.717, 1.165) is 38.5 Å². The third-order valence-corrected chi connectivity index (χ3v) is 15.4. The number of carbonyl (C=O) groups excluding carboxylic acids is 1. The van der Waals surface area contributed by atoms with Gasteiger partial charge in [-0.05, 0) is 44.9 Å². The fourth-order valence-corrected chi connectivity index (χ4v) is 10.2. The third kappa shape index (κ3) is 56.5. The summed E-state index contributed by atoms with van der Waals surface area (Å²) < 4.78 is 23.8. The second-order valence-electron chi connectivity index (χ2n) is 22.8. The molecule has 0 aliphatic heterocycles. The van der Waals surface area contributed by atoms with Gasteiger partial charge in [-0.15, -0.1) is 0 Å². The second kappa shape index (κ2) is 53.8. The maximum atomic E-state index is 13.0. The number of hydrogen-bond acceptors (Lipinski definition) is 5. The van der Waals surface area contributed by atoms with Gasteiger partial charge < -0.3 is 19.8 Å².